The summed E-state index contributed by atoms with van der Waals surface area (Å²) in [4.78, 5) is 26.9. The number of rotatable bonds is 8. The van der Waals surface area contributed by atoms with Crippen molar-refractivity contribution in [2.24, 2.45) is 0 Å². The van der Waals surface area contributed by atoms with Gasteiger partial charge in [0.15, 0.2) is 11.5 Å². The second-order valence-electron chi connectivity index (χ2n) is 7.30. The third kappa shape index (κ3) is 4.23. The van der Waals surface area contributed by atoms with Crippen LogP contribution in [0.4, 0.5) is 0 Å². The number of benzene rings is 2. The SMILES string of the molecule is CCC(=O)C1=C(O)C(=O)N(Cc2ccco2)C1c1cccc(OCc2ccccc2)c1. The molecule has 1 aliphatic heterocycles. The predicted molar refractivity (Wildman–Crippen MR) is 114 cm³/mol. The van der Waals surface area contributed by atoms with E-state index in [1.54, 1.807) is 25.1 Å². The van der Waals surface area contributed by atoms with Crippen molar-refractivity contribution in [3.8, 4) is 5.75 Å². The molecule has 1 amide bonds. The number of carbonyl (C=O) groups is 2. The molecule has 0 aliphatic carbocycles. The number of ether oxygens (including phenoxy) is 1. The molecule has 1 N–H and O–H groups in total. The van der Waals surface area contributed by atoms with E-state index in [0.29, 0.717) is 23.7 Å². The average molecular weight is 417 g/mol. The Morgan fingerprint density at radius 1 is 1.10 bits per heavy atom. The smallest absolute Gasteiger partial charge is 0.290 e. The number of aliphatic hydroxyl groups excluding tert-OH is 1. The van der Waals surface area contributed by atoms with Gasteiger partial charge in [0.25, 0.3) is 5.91 Å². The zero-order valence-corrected chi connectivity index (χ0v) is 17.2. The molecular formula is C25H23NO5. The summed E-state index contributed by atoms with van der Waals surface area (Å²) in [6.07, 6.45) is 1.70. The van der Waals surface area contributed by atoms with Crippen LogP contribution in [0.5, 0.6) is 5.75 Å². The lowest BCUT2D eigenvalue weighted by Crippen LogP contribution is -2.30. The molecule has 31 heavy (non-hydrogen) atoms. The van der Waals surface area contributed by atoms with Gasteiger partial charge in [-0.25, -0.2) is 0 Å². The van der Waals surface area contributed by atoms with Gasteiger partial charge in [-0.1, -0.05) is 49.4 Å². The molecule has 0 saturated carbocycles. The number of nitrogens with zero attached hydrogens (tertiary/aromatic N) is 1. The van der Waals surface area contributed by atoms with Crippen molar-refractivity contribution in [2.75, 3.05) is 0 Å². The minimum Gasteiger partial charge on any atom is -0.503 e. The lowest BCUT2D eigenvalue weighted by atomic mass is 9.95. The van der Waals surface area contributed by atoms with E-state index in [1.165, 1.54) is 11.2 Å². The summed E-state index contributed by atoms with van der Waals surface area (Å²) in [7, 11) is 0. The third-order valence-electron chi connectivity index (χ3n) is 5.25. The Labute approximate surface area is 180 Å². The lowest BCUT2D eigenvalue weighted by Gasteiger charge is -2.26. The highest BCUT2D eigenvalue weighted by atomic mass is 16.5. The van der Waals surface area contributed by atoms with Gasteiger partial charge < -0.3 is 19.2 Å². The Kier molecular flexibility index (Phi) is 5.89. The summed E-state index contributed by atoms with van der Waals surface area (Å²) in [5.41, 5.74) is 1.83. The van der Waals surface area contributed by atoms with Gasteiger partial charge in [0, 0.05) is 6.42 Å². The molecule has 0 fully saturated rings. The van der Waals surface area contributed by atoms with E-state index >= 15 is 0 Å². The molecule has 0 radical (unpaired) electrons. The van der Waals surface area contributed by atoms with Gasteiger partial charge >= 0.3 is 0 Å². The Morgan fingerprint density at radius 3 is 2.61 bits per heavy atom. The van der Waals surface area contributed by atoms with Crippen LogP contribution >= 0.6 is 0 Å². The molecule has 1 aliphatic rings. The van der Waals surface area contributed by atoms with Gasteiger partial charge in [0.2, 0.25) is 0 Å². The Morgan fingerprint density at radius 2 is 1.90 bits per heavy atom. The standard InChI is InChI=1S/C25H23NO5/c1-2-21(27)22-23(26(25(29)24(22)28)15-20-12-7-13-30-20)18-10-6-11-19(14-18)31-16-17-8-4-3-5-9-17/h3-14,23,28H,2,15-16H2,1H3. The molecule has 1 unspecified atom stereocenters. The minimum absolute atomic E-state index is 0.110. The Bertz CT molecular complexity index is 1100. The molecule has 4 rings (SSSR count). The summed E-state index contributed by atoms with van der Waals surface area (Å²) in [6, 6.07) is 19.8. The molecule has 2 aromatic carbocycles. The molecule has 0 bridgehead atoms. The minimum atomic E-state index is -0.717. The zero-order chi connectivity index (χ0) is 21.8. The maximum Gasteiger partial charge on any atom is 0.290 e. The summed E-state index contributed by atoms with van der Waals surface area (Å²) in [5, 5.41) is 10.5. The molecule has 2 heterocycles. The van der Waals surface area contributed by atoms with E-state index in [2.05, 4.69) is 0 Å². The van der Waals surface area contributed by atoms with E-state index < -0.39 is 17.7 Å². The van der Waals surface area contributed by atoms with Gasteiger partial charge in [-0.15, -0.1) is 0 Å². The van der Waals surface area contributed by atoms with Gasteiger partial charge in [0.05, 0.1) is 24.4 Å². The highest BCUT2D eigenvalue weighted by Crippen LogP contribution is 2.40. The van der Waals surface area contributed by atoms with Crippen LogP contribution in [-0.2, 0) is 22.7 Å². The first-order chi connectivity index (χ1) is 15.1. The molecule has 1 atom stereocenters. The molecule has 6 heteroatoms. The van der Waals surface area contributed by atoms with Crippen LogP contribution in [0.2, 0.25) is 0 Å². The maximum absolute atomic E-state index is 12.8. The summed E-state index contributed by atoms with van der Waals surface area (Å²) >= 11 is 0. The topological polar surface area (TPSA) is 80.0 Å². The Hall–Kier alpha value is -3.80. The molecule has 0 spiro atoms. The molecule has 1 aromatic heterocycles. The van der Waals surface area contributed by atoms with Crippen LogP contribution in [0.1, 0.15) is 36.3 Å². The highest BCUT2D eigenvalue weighted by Gasteiger charge is 2.43. The quantitative estimate of drug-likeness (QED) is 0.573. The average Bonchev–Trinajstić information content (AvgIpc) is 3.40. The van der Waals surface area contributed by atoms with Crippen LogP contribution in [0, 0.1) is 0 Å². The largest absolute Gasteiger partial charge is 0.503 e. The van der Waals surface area contributed by atoms with E-state index in [1.807, 2.05) is 48.5 Å². The normalized spacial score (nSPS) is 16.1. The van der Waals surface area contributed by atoms with Gasteiger partial charge in [0.1, 0.15) is 18.1 Å². The summed E-state index contributed by atoms with van der Waals surface area (Å²) in [5.74, 6) is -0.185. The van der Waals surface area contributed by atoms with Crippen molar-refractivity contribution in [1.82, 2.24) is 4.90 Å². The number of ketones is 1. The highest BCUT2D eigenvalue weighted by molar-refractivity contribution is 6.08. The summed E-state index contributed by atoms with van der Waals surface area (Å²) in [6.45, 7) is 2.24. The van der Waals surface area contributed by atoms with Crippen LogP contribution in [0.25, 0.3) is 0 Å². The number of hydrogen-bond donors (Lipinski definition) is 1. The van der Waals surface area contributed by atoms with Crippen molar-refractivity contribution in [3.05, 3.63) is 101 Å². The van der Waals surface area contributed by atoms with Crippen molar-refractivity contribution < 1.29 is 23.8 Å². The zero-order valence-electron chi connectivity index (χ0n) is 17.2. The predicted octanol–water partition coefficient (Wildman–Crippen LogP) is 4.73. The molecule has 3 aromatic rings. The van der Waals surface area contributed by atoms with Crippen molar-refractivity contribution in [1.29, 1.82) is 0 Å². The molecule has 158 valence electrons. The van der Waals surface area contributed by atoms with Crippen molar-refractivity contribution in [3.63, 3.8) is 0 Å². The van der Waals surface area contributed by atoms with E-state index in [-0.39, 0.29) is 24.3 Å². The second-order valence-corrected chi connectivity index (χ2v) is 7.30. The first-order valence-corrected chi connectivity index (χ1v) is 10.1. The fourth-order valence-corrected chi connectivity index (χ4v) is 3.72. The number of amides is 1. The fourth-order valence-electron chi connectivity index (χ4n) is 3.72. The van der Waals surface area contributed by atoms with Crippen molar-refractivity contribution >= 4 is 11.7 Å². The van der Waals surface area contributed by atoms with E-state index in [0.717, 1.165) is 5.56 Å². The van der Waals surface area contributed by atoms with Crippen LogP contribution < -0.4 is 4.74 Å². The maximum atomic E-state index is 12.8. The van der Waals surface area contributed by atoms with Crippen LogP contribution in [-0.4, -0.2) is 21.7 Å². The van der Waals surface area contributed by atoms with Crippen LogP contribution in [0.3, 0.4) is 0 Å². The first-order valence-electron chi connectivity index (χ1n) is 10.1. The van der Waals surface area contributed by atoms with Gasteiger partial charge in [-0.2, -0.15) is 0 Å². The molecule has 0 saturated heterocycles. The van der Waals surface area contributed by atoms with Gasteiger partial charge in [-0.3, -0.25) is 9.59 Å². The monoisotopic (exact) mass is 417 g/mol. The first kappa shape index (κ1) is 20.5. The van der Waals surface area contributed by atoms with Gasteiger partial charge in [-0.05, 0) is 35.4 Å². The van der Waals surface area contributed by atoms with E-state index in [9.17, 15) is 14.7 Å². The number of Topliss-reactive ketones (excluding diaryl/α,β-unsaturated/α-hetero) is 1. The number of carbonyl (C=O) groups excluding carboxylic acids is 2. The second kappa shape index (κ2) is 8.92. The number of hydrogen-bond acceptors (Lipinski definition) is 5. The molecule has 6 nitrogen and oxygen atoms in total. The lowest BCUT2D eigenvalue weighted by molar-refractivity contribution is -0.130. The van der Waals surface area contributed by atoms with Crippen molar-refractivity contribution in [2.45, 2.75) is 32.5 Å². The van der Waals surface area contributed by atoms with E-state index in [4.69, 9.17) is 9.15 Å². The number of aliphatic hydroxyl groups is 1. The summed E-state index contributed by atoms with van der Waals surface area (Å²) < 4.78 is 11.3. The fraction of sp³-hybridized carbons (Fsp3) is 0.200. The number of furan rings is 1. The Balaban J connectivity index is 1.66. The third-order valence-corrected chi connectivity index (χ3v) is 5.25. The molecular weight excluding hydrogens is 394 g/mol. The van der Waals surface area contributed by atoms with Crippen LogP contribution in [0.15, 0.2) is 88.7 Å².